The van der Waals surface area contributed by atoms with Crippen LogP contribution in [0.1, 0.15) is 59.8 Å². The SMILES string of the molecule is CCCNC(C)(CCCN1CCCC(C)(C)C1)C(=O)O. The molecule has 1 rings (SSSR count). The fourth-order valence-electron chi connectivity index (χ4n) is 3.06. The summed E-state index contributed by atoms with van der Waals surface area (Å²) in [5, 5.41) is 12.6. The second kappa shape index (κ2) is 7.41. The molecule has 4 nitrogen and oxygen atoms in total. The Balaban J connectivity index is 2.38. The molecule has 0 amide bonds. The maximum Gasteiger partial charge on any atom is 0.323 e. The molecular formula is C16H32N2O2. The van der Waals surface area contributed by atoms with E-state index in [0.29, 0.717) is 11.8 Å². The molecule has 1 aliphatic heterocycles. The summed E-state index contributed by atoms with van der Waals surface area (Å²) in [5.41, 5.74) is -0.365. The van der Waals surface area contributed by atoms with Gasteiger partial charge in [0.15, 0.2) is 0 Å². The summed E-state index contributed by atoms with van der Waals surface area (Å²) >= 11 is 0. The average molecular weight is 284 g/mol. The van der Waals surface area contributed by atoms with E-state index in [1.165, 1.54) is 12.8 Å². The van der Waals surface area contributed by atoms with Crippen LogP contribution in [-0.4, -0.2) is 47.7 Å². The molecule has 0 aromatic carbocycles. The van der Waals surface area contributed by atoms with Crippen LogP contribution in [-0.2, 0) is 4.79 Å². The van der Waals surface area contributed by atoms with Gasteiger partial charge in [0.2, 0.25) is 0 Å². The fraction of sp³-hybridized carbons (Fsp3) is 0.938. The van der Waals surface area contributed by atoms with Gasteiger partial charge in [0.05, 0.1) is 0 Å². The first kappa shape index (κ1) is 17.4. The minimum atomic E-state index is -0.776. The summed E-state index contributed by atoms with van der Waals surface area (Å²) < 4.78 is 0. The van der Waals surface area contributed by atoms with E-state index in [1.807, 2.05) is 6.92 Å². The smallest absolute Gasteiger partial charge is 0.323 e. The number of carboxylic acids is 1. The van der Waals surface area contributed by atoms with Crippen molar-refractivity contribution >= 4 is 5.97 Å². The molecule has 4 heteroatoms. The molecule has 0 spiro atoms. The number of piperidine rings is 1. The molecule has 1 unspecified atom stereocenters. The Morgan fingerprint density at radius 2 is 2.15 bits per heavy atom. The van der Waals surface area contributed by atoms with Crippen molar-refractivity contribution in [2.75, 3.05) is 26.2 Å². The van der Waals surface area contributed by atoms with Gasteiger partial charge >= 0.3 is 5.97 Å². The van der Waals surface area contributed by atoms with Crippen LogP contribution in [0.25, 0.3) is 0 Å². The Morgan fingerprint density at radius 3 is 2.70 bits per heavy atom. The summed E-state index contributed by atoms with van der Waals surface area (Å²) in [6.45, 7) is 12.6. The molecule has 0 bridgehead atoms. The van der Waals surface area contributed by atoms with Gasteiger partial charge in [-0.1, -0.05) is 20.8 Å². The Kier molecular flexibility index (Phi) is 6.46. The molecule has 0 radical (unpaired) electrons. The highest BCUT2D eigenvalue weighted by Crippen LogP contribution is 2.28. The zero-order valence-corrected chi connectivity index (χ0v) is 13.7. The summed E-state index contributed by atoms with van der Waals surface area (Å²) in [4.78, 5) is 13.9. The van der Waals surface area contributed by atoms with Gasteiger partial charge < -0.3 is 15.3 Å². The number of nitrogens with zero attached hydrogens (tertiary/aromatic N) is 1. The summed E-state index contributed by atoms with van der Waals surface area (Å²) in [5.74, 6) is -0.732. The lowest BCUT2D eigenvalue weighted by Gasteiger charge is -2.38. The molecule has 1 aliphatic rings. The number of nitrogens with one attached hydrogen (secondary N) is 1. The quantitative estimate of drug-likeness (QED) is 0.719. The van der Waals surface area contributed by atoms with Gasteiger partial charge in [-0.05, 0) is 64.1 Å². The normalized spacial score (nSPS) is 22.4. The van der Waals surface area contributed by atoms with E-state index < -0.39 is 11.5 Å². The van der Waals surface area contributed by atoms with Gasteiger partial charge in [-0.15, -0.1) is 0 Å². The van der Waals surface area contributed by atoms with Gasteiger partial charge in [-0.2, -0.15) is 0 Å². The van der Waals surface area contributed by atoms with Crippen LogP contribution in [0.4, 0.5) is 0 Å². The van der Waals surface area contributed by atoms with Gasteiger partial charge in [-0.25, -0.2) is 0 Å². The molecule has 2 N–H and O–H groups in total. The van der Waals surface area contributed by atoms with Gasteiger partial charge in [-0.3, -0.25) is 4.79 Å². The van der Waals surface area contributed by atoms with Crippen molar-refractivity contribution < 1.29 is 9.90 Å². The molecule has 20 heavy (non-hydrogen) atoms. The van der Waals surface area contributed by atoms with Gasteiger partial charge in [0.25, 0.3) is 0 Å². The van der Waals surface area contributed by atoms with E-state index in [2.05, 4.69) is 31.0 Å². The maximum atomic E-state index is 11.4. The van der Waals surface area contributed by atoms with Crippen molar-refractivity contribution in [3.8, 4) is 0 Å². The van der Waals surface area contributed by atoms with Crippen molar-refractivity contribution in [2.45, 2.75) is 65.3 Å². The number of hydrogen-bond donors (Lipinski definition) is 2. The second-order valence-electron chi connectivity index (χ2n) is 7.21. The molecule has 1 atom stereocenters. The topological polar surface area (TPSA) is 52.6 Å². The van der Waals surface area contributed by atoms with Crippen molar-refractivity contribution in [2.24, 2.45) is 5.41 Å². The molecule has 118 valence electrons. The first-order valence-corrected chi connectivity index (χ1v) is 8.00. The maximum absolute atomic E-state index is 11.4. The predicted octanol–water partition coefficient (Wildman–Crippen LogP) is 2.73. The number of rotatable bonds is 8. The molecule has 0 aliphatic carbocycles. The molecule has 1 heterocycles. The molecule has 1 fully saturated rings. The molecule has 0 saturated carbocycles. The van der Waals surface area contributed by atoms with Crippen LogP contribution in [0.3, 0.4) is 0 Å². The summed E-state index contributed by atoms with van der Waals surface area (Å²) in [7, 11) is 0. The third-order valence-corrected chi connectivity index (χ3v) is 4.37. The van der Waals surface area contributed by atoms with Crippen LogP contribution in [0, 0.1) is 5.41 Å². The zero-order valence-electron chi connectivity index (χ0n) is 13.7. The number of carboxylic acid groups (broad SMARTS) is 1. The second-order valence-corrected chi connectivity index (χ2v) is 7.21. The predicted molar refractivity (Wildman–Crippen MR) is 83.0 cm³/mol. The summed E-state index contributed by atoms with van der Waals surface area (Å²) in [6.07, 6.45) is 5.16. The van der Waals surface area contributed by atoms with Crippen LogP contribution in [0.2, 0.25) is 0 Å². The lowest BCUT2D eigenvalue weighted by Crippen LogP contribution is -2.50. The number of carbonyl (C=O) groups is 1. The van der Waals surface area contributed by atoms with Crippen LogP contribution in [0.15, 0.2) is 0 Å². The van der Waals surface area contributed by atoms with Crippen LogP contribution >= 0.6 is 0 Å². The largest absolute Gasteiger partial charge is 0.480 e. The first-order chi connectivity index (χ1) is 9.29. The molecule has 0 aromatic heterocycles. The van der Waals surface area contributed by atoms with E-state index in [4.69, 9.17) is 0 Å². The lowest BCUT2D eigenvalue weighted by atomic mass is 9.84. The van der Waals surface area contributed by atoms with Gasteiger partial charge in [0, 0.05) is 6.54 Å². The van der Waals surface area contributed by atoms with Crippen molar-refractivity contribution in [3.63, 3.8) is 0 Å². The van der Waals surface area contributed by atoms with Crippen molar-refractivity contribution in [3.05, 3.63) is 0 Å². The lowest BCUT2D eigenvalue weighted by molar-refractivity contribution is -0.144. The molecular weight excluding hydrogens is 252 g/mol. The summed E-state index contributed by atoms with van der Waals surface area (Å²) in [6, 6.07) is 0. The van der Waals surface area contributed by atoms with E-state index in [0.717, 1.165) is 39.0 Å². The van der Waals surface area contributed by atoms with E-state index >= 15 is 0 Å². The zero-order chi connectivity index (χ0) is 15.2. The average Bonchev–Trinajstić information content (AvgIpc) is 2.35. The highest BCUT2D eigenvalue weighted by molar-refractivity contribution is 5.78. The highest BCUT2D eigenvalue weighted by Gasteiger charge is 2.32. The van der Waals surface area contributed by atoms with Gasteiger partial charge in [0.1, 0.15) is 5.54 Å². The van der Waals surface area contributed by atoms with Crippen molar-refractivity contribution in [1.29, 1.82) is 0 Å². The Bertz CT molecular complexity index is 318. The Labute approximate surface area is 123 Å². The standard InChI is InChI=1S/C16H32N2O2/c1-5-10-17-16(4,14(19)20)9-7-12-18-11-6-8-15(2,3)13-18/h17H,5-13H2,1-4H3,(H,19,20). The highest BCUT2D eigenvalue weighted by atomic mass is 16.4. The minimum absolute atomic E-state index is 0.412. The number of likely N-dealkylation sites (tertiary alicyclic amines) is 1. The number of hydrogen-bond acceptors (Lipinski definition) is 3. The van der Waals surface area contributed by atoms with E-state index in [1.54, 1.807) is 0 Å². The monoisotopic (exact) mass is 284 g/mol. The van der Waals surface area contributed by atoms with Crippen LogP contribution in [0.5, 0.6) is 0 Å². The van der Waals surface area contributed by atoms with E-state index in [9.17, 15) is 9.90 Å². The fourth-order valence-corrected chi connectivity index (χ4v) is 3.06. The third-order valence-electron chi connectivity index (χ3n) is 4.37. The van der Waals surface area contributed by atoms with E-state index in [-0.39, 0.29) is 0 Å². The molecule has 1 saturated heterocycles. The molecule has 0 aromatic rings. The van der Waals surface area contributed by atoms with Crippen molar-refractivity contribution in [1.82, 2.24) is 10.2 Å². The number of aliphatic carboxylic acids is 1. The van der Waals surface area contributed by atoms with Crippen LogP contribution < -0.4 is 5.32 Å². The third kappa shape index (κ3) is 5.41. The first-order valence-electron chi connectivity index (χ1n) is 8.00. The minimum Gasteiger partial charge on any atom is -0.480 e. The Hall–Kier alpha value is -0.610. The Morgan fingerprint density at radius 1 is 1.45 bits per heavy atom.